The average Bonchev–Trinajstić information content (AvgIpc) is 2.65. The molecule has 164 valence electrons. The van der Waals surface area contributed by atoms with Crippen molar-refractivity contribution in [2.75, 3.05) is 17.1 Å². The fraction of sp³-hybridized carbons (Fsp3) is 0.435. The molecule has 0 atom stereocenters. The molecule has 2 aromatic rings. The minimum Gasteiger partial charge on any atom is -0.491 e. The highest BCUT2D eigenvalue weighted by Gasteiger charge is 2.19. The van der Waals surface area contributed by atoms with Gasteiger partial charge in [-0.3, -0.25) is 9.10 Å². The summed E-state index contributed by atoms with van der Waals surface area (Å²) in [4.78, 5) is 12.2. The topological polar surface area (TPSA) is 75.7 Å². The zero-order valence-corrected chi connectivity index (χ0v) is 19.3. The van der Waals surface area contributed by atoms with Gasteiger partial charge in [0.15, 0.2) is 0 Å². The van der Waals surface area contributed by atoms with Gasteiger partial charge in [-0.1, -0.05) is 24.3 Å². The lowest BCUT2D eigenvalue weighted by Gasteiger charge is -2.24. The van der Waals surface area contributed by atoms with Crippen molar-refractivity contribution in [3.8, 4) is 5.75 Å². The van der Waals surface area contributed by atoms with Gasteiger partial charge in [0, 0.05) is 19.5 Å². The first-order chi connectivity index (χ1) is 14.1. The molecule has 6 nitrogen and oxygen atoms in total. The van der Waals surface area contributed by atoms with Crippen LogP contribution in [0.15, 0.2) is 42.5 Å². The van der Waals surface area contributed by atoms with Crippen molar-refractivity contribution in [2.45, 2.75) is 53.2 Å². The zero-order valence-electron chi connectivity index (χ0n) is 18.4. The van der Waals surface area contributed by atoms with Gasteiger partial charge in [0.2, 0.25) is 15.9 Å². The van der Waals surface area contributed by atoms with Crippen molar-refractivity contribution in [1.82, 2.24) is 5.32 Å². The molecule has 0 aliphatic rings. The second kappa shape index (κ2) is 10.5. The average molecular weight is 433 g/mol. The molecule has 0 radical (unpaired) electrons. The minimum atomic E-state index is -3.43. The number of sulfonamides is 1. The predicted molar refractivity (Wildman–Crippen MR) is 121 cm³/mol. The fourth-order valence-corrected chi connectivity index (χ4v) is 4.10. The second-order valence-electron chi connectivity index (χ2n) is 7.82. The molecule has 0 bridgehead atoms. The molecule has 0 aliphatic carbocycles. The maximum atomic E-state index is 12.3. The van der Waals surface area contributed by atoms with Crippen LogP contribution in [-0.2, 0) is 21.4 Å². The van der Waals surface area contributed by atoms with E-state index in [1.54, 1.807) is 0 Å². The highest BCUT2D eigenvalue weighted by Crippen LogP contribution is 2.24. The Morgan fingerprint density at radius 2 is 1.77 bits per heavy atom. The Morgan fingerprint density at radius 1 is 1.10 bits per heavy atom. The van der Waals surface area contributed by atoms with E-state index in [9.17, 15) is 13.2 Å². The third-order valence-corrected chi connectivity index (χ3v) is 5.76. The Labute approximate surface area is 180 Å². The third kappa shape index (κ3) is 7.37. The lowest BCUT2D eigenvalue weighted by atomic mass is 10.1. The molecule has 7 heteroatoms. The van der Waals surface area contributed by atoms with Crippen LogP contribution < -0.4 is 14.4 Å². The van der Waals surface area contributed by atoms with E-state index in [4.69, 9.17) is 4.74 Å². The van der Waals surface area contributed by atoms with Gasteiger partial charge in [-0.05, 0) is 69.0 Å². The minimum absolute atomic E-state index is 0.105. The maximum absolute atomic E-state index is 12.3. The Balaban J connectivity index is 1.88. The molecule has 1 N–H and O–H groups in total. The summed E-state index contributed by atoms with van der Waals surface area (Å²) in [5.41, 5.74) is 3.53. The highest BCUT2D eigenvalue weighted by molar-refractivity contribution is 7.92. The number of hydrogen-bond acceptors (Lipinski definition) is 4. The summed E-state index contributed by atoms with van der Waals surface area (Å²) in [5.74, 6) is 0.694. The number of anilines is 1. The molecule has 0 heterocycles. The van der Waals surface area contributed by atoms with Gasteiger partial charge in [0.05, 0.1) is 18.0 Å². The summed E-state index contributed by atoms with van der Waals surface area (Å²) in [6.45, 7) is 8.44. The van der Waals surface area contributed by atoms with E-state index in [0.29, 0.717) is 18.7 Å². The van der Waals surface area contributed by atoms with Crippen LogP contribution in [0.4, 0.5) is 5.69 Å². The molecule has 0 saturated carbocycles. The summed E-state index contributed by atoms with van der Waals surface area (Å²) < 4.78 is 31.6. The van der Waals surface area contributed by atoms with Crippen LogP contribution in [0.5, 0.6) is 5.75 Å². The molecule has 2 rings (SSSR count). The number of ether oxygens (including phenoxy) is 1. The molecular formula is C23H32N2O4S. The number of aryl methyl sites for hydroxylation is 2. The Bertz CT molecular complexity index is 954. The number of rotatable bonds is 10. The van der Waals surface area contributed by atoms with Gasteiger partial charge in [0.1, 0.15) is 5.75 Å². The summed E-state index contributed by atoms with van der Waals surface area (Å²) in [5, 5.41) is 2.88. The van der Waals surface area contributed by atoms with Gasteiger partial charge in [-0.15, -0.1) is 0 Å². The van der Waals surface area contributed by atoms with E-state index in [1.165, 1.54) is 10.6 Å². The lowest BCUT2D eigenvalue weighted by Crippen LogP contribution is -2.32. The molecule has 0 fully saturated rings. The summed E-state index contributed by atoms with van der Waals surface area (Å²) in [6, 6.07) is 13.3. The third-order valence-electron chi connectivity index (χ3n) is 4.58. The fourth-order valence-electron chi connectivity index (χ4n) is 3.08. The van der Waals surface area contributed by atoms with Crippen LogP contribution in [0, 0.1) is 13.8 Å². The predicted octanol–water partition coefficient (Wildman–Crippen LogP) is 3.95. The maximum Gasteiger partial charge on any atom is 0.232 e. The zero-order chi connectivity index (χ0) is 22.3. The van der Waals surface area contributed by atoms with Crippen molar-refractivity contribution >= 4 is 21.6 Å². The first-order valence-electron chi connectivity index (χ1n) is 10.1. The van der Waals surface area contributed by atoms with Gasteiger partial charge < -0.3 is 10.1 Å². The van der Waals surface area contributed by atoms with Crippen molar-refractivity contribution in [3.63, 3.8) is 0 Å². The molecule has 0 saturated heterocycles. The van der Waals surface area contributed by atoms with Crippen LogP contribution in [0.3, 0.4) is 0 Å². The van der Waals surface area contributed by atoms with Gasteiger partial charge in [-0.2, -0.15) is 0 Å². The van der Waals surface area contributed by atoms with Crippen molar-refractivity contribution in [2.24, 2.45) is 0 Å². The summed E-state index contributed by atoms with van der Waals surface area (Å²) >= 11 is 0. The van der Waals surface area contributed by atoms with Crippen LogP contribution >= 0.6 is 0 Å². The number of hydrogen-bond donors (Lipinski definition) is 1. The summed E-state index contributed by atoms with van der Waals surface area (Å²) in [6.07, 6.45) is 2.01. The molecule has 0 aliphatic heterocycles. The van der Waals surface area contributed by atoms with E-state index in [1.807, 2.05) is 70.2 Å². The Morgan fingerprint density at radius 3 is 2.37 bits per heavy atom. The number of carbonyl (C=O) groups is 1. The number of nitrogens with zero attached hydrogens (tertiary/aromatic N) is 1. The van der Waals surface area contributed by atoms with Crippen LogP contribution in [-0.4, -0.2) is 33.2 Å². The van der Waals surface area contributed by atoms with E-state index >= 15 is 0 Å². The van der Waals surface area contributed by atoms with Gasteiger partial charge >= 0.3 is 0 Å². The number of carbonyl (C=O) groups excluding carboxylic acids is 1. The normalized spacial score (nSPS) is 11.4. The van der Waals surface area contributed by atoms with Crippen molar-refractivity contribution in [3.05, 3.63) is 59.2 Å². The molecule has 1 amide bonds. The summed E-state index contributed by atoms with van der Waals surface area (Å²) in [7, 11) is -3.43. The first kappa shape index (κ1) is 23.7. The largest absolute Gasteiger partial charge is 0.491 e. The van der Waals surface area contributed by atoms with Crippen molar-refractivity contribution in [1.29, 1.82) is 0 Å². The van der Waals surface area contributed by atoms with Crippen LogP contribution in [0.1, 0.15) is 43.4 Å². The number of benzene rings is 2. The Kier molecular flexibility index (Phi) is 8.29. The van der Waals surface area contributed by atoms with Gasteiger partial charge in [-0.25, -0.2) is 8.42 Å². The first-order valence-corrected chi connectivity index (χ1v) is 12.0. The lowest BCUT2D eigenvalue weighted by molar-refractivity contribution is -0.121. The second-order valence-corrected chi connectivity index (χ2v) is 9.72. The Hall–Kier alpha value is -2.54. The highest BCUT2D eigenvalue weighted by atomic mass is 32.2. The standard InChI is InChI=1S/C23H32N2O4S/c1-17(2)29-21-12-10-20(11-13-21)16-24-23(26)7-6-14-25(30(5,27)28)22-15-18(3)8-9-19(22)4/h8-13,15,17H,6-7,14,16H2,1-5H3,(H,24,26). The molecule has 2 aromatic carbocycles. The quantitative estimate of drug-likeness (QED) is 0.617. The van der Waals surface area contributed by atoms with E-state index < -0.39 is 10.0 Å². The SMILES string of the molecule is Cc1ccc(C)c(N(CCCC(=O)NCc2ccc(OC(C)C)cc2)S(C)(=O)=O)c1. The van der Waals surface area contributed by atoms with E-state index in [0.717, 1.165) is 22.4 Å². The number of nitrogens with one attached hydrogen (secondary N) is 1. The number of amides is 1. The molecule has 0 spiro atoms. The smallest absolute Gasteiger partial charge is 0.232 e. The monoisotopic (exact) mass is 432 g/mol. The molecule has 30 heavy (non-hydrogen) atoms. The van der Waals surface area contributed by atoms with E-state index in [2.05, 4.69) is 5.32 Å². The molecule has 0 unspecified atom stereocenters. The van der Waals surface area contributed by atoms with Crippen LogP contribution in [0.2, 0.25) is 0 Å². The van der Waals surface area contributed by atoms with Crippen LogP contribution in [0.25, 0.3) is 0 Å². The van der Waals surface area contributed by atoms with Gasteiger partial charge in [0.25, 0.3) is 0 Å². The van der Waals surface area contributed by atoms with Crippen molar-refractivity contribution < 1.29 is 17.9 Å². The van der Waals surface area contributed by atoms with E-state index in [-0.39, 0.29) is 25.0 Å². The molecule has 0 aromatic heterocycles. The molecular weight excluding hydrogens is 400 g/mol.